The fourth-order valence-electron chi connectivity index (χ4n) is 17.7. The summed E-state index contributed by atoms with van der Waals surface area (Å²) in [6, 6.07) is 11.0. The Hall–Kier alpha value is -9.52. The number of nitrogens with one attached hydrogen (secondary N) is 4. The maximum absolute atomic E-state index is 14.2. The van der Waals surface area contributed by atoms with Crippen LogP contribution in [0.25, 0.3) is 44.7 Å². The Morgan fingerprint density at radius 1 is 0.347 bits per heavy atom. The SMILES string of the molecule is [2H]C([2H])(CC)Sc1nc(N[C@]2([2H])C[C@H]2c2ccc(C)c(F)c2)c2nnn([C@@H]3C[C@H](OCCO)[C@@H](O)[C@H]3O)c2n1.[2H]C([2H])(CO)O[C@H]1C[C@@H](n2nnc3c(N[C@]4([2H])C[C@H]4c4ccc(C)c(F)c4)nc(SC([2H])([2H])CC)nc32)[C@H](O)[C@@H]1O.[2H]C([2H])(O)C([2H])([2H])O[C@H]1C[C@@H](n2nnc3c(N[C@]4([2H])C[C@H]4c4ccc(C)c(F)c4)nc(SCCC)nc32)[C@H](O)[C@@H]1O.[2H]C([2H])(O)CO[C@H]1C[C@@H](n2nnc3c(N[C@]4([2H])C[C@H]4c4ccc(C)c(F)c4)nc(SC([2H])([2H])CC)nc32)[C@H](O)[C@@H]1O. The molecule has 0 unspecified atom stereocenters. The number of ether oxygens (including phenoxy) is 4. The molecule has 12 aromatic rings. The smallest absolute Gasteiger partial charge is 0.191 e. The molecule has 8 aromatic heterocycles. The largest absolute Gasteiger partial charge is 0.394 e. The van der Waals surface area contributed by atoms with E-state index in [0.29, 0.717) is 81.1 Å². The van der Waals surface area contributed by atoms with Crippen LogP contribution >= 0.6 is 47.0 Å². The highest BCUT2D eigenvalue weighted by molar-refractivity contribution is 7.99. The summed E-state index contributed by atoms with van der Waals surface area (Å²) in [5.74, 6) is -1.36. The number of aliphatic hydroxyl groups excluding tert-OH is 10. The van der Waals surface area contributed by atoms with Gasteiger partial charge in [0, 0.05) is 105 Å². The van der Waals surface area contributed by atoms with Gasteiger partial charge < -0.3 is 101 Å². The third-order valence-electron chi connectivity index (χ3n) is 25.8. The van der Waals surface area contributed by atoms with Crippen LogP contribution in [0.2, 0.25) is 0 Å². The minimum absolute atomic E-state index is 0.0000297. The van der Waals surface area contributed by atoms with E-state index in [-0.39, 0.29) is 188 Å². The number of aryl methyl sites for hydroxylation is 4. The van der Waals surface area contributed by atoms with Gasteiger partial charge in [0.25, 0.3) is 0 Å². The Balaban J connectivity index is 0.000000145. The highest BCUT2D eigenvalue weighted by atomic mass is 32.2. The zero-order valence-electron chi connectivity index (χ0n) is 97.1. The monoisotopic (exact) mass is 2090 g/mol. The van der Waals surface area contributed by atoms with Crippen LogP contribution in [0.1, 0.15) is 222 Å². The summed E-state index contributed by atoms with van der Waals surface area (Å²) in [5, 5.41) is 169. The number of rotatable bonds is 40. The van der Waals surface area contributed by atoms with Crippen molar-refractivity contribution >= 4 is 115 Å². The summed E-state index contributed by atoms with van der Waals surface area (Å²) in [7, 11) is 0. The quantitative estimate of drug-likeness (QED) is 0.00969. The van der Waals surface area contributed by atoms with Gasteiger partial charge >= 0.3 is 0 Å². The third kappa shape index (κ3) is 23.8. The minimum Gasteiger partial charge on any atom is -0.394 e. The molecule has 8 fully saturated rings. The van der Waals surface area contributed by atoms with E-state index in [9.17, 15) is 73.7 Å². The lowest BCUT2D eigenvalue weighted by atomic mass is 10.1. The molecule has 8 heterocycles. The number of halogens is 4. The molecular formula is C96H124F4N24O16S4. The third-order valence-corrected chi connectivity index (χ3v) is 29.3. The lowest BCUT2D eigenvalue weighted by Crippen LogP contribution is -2.33. The van der Waals surface area contributed by atoms with Gasteiger partial charge in [-0.1, -0.05) is 144 Å². The van der Waals surface area contributed by atoms with Gasteiger partial charge in [-0.3, -0.25) is 0 Å². The molecule has 0 saturated heterocycles. The van der Waals surface area contributed by atoms with Gasteiger partial charge in [-0.25, -0.2) is 76.2 Å². The lowest BCUT2D eigenvalue weighted by Gasteiger charge is -2.17. The number of hydrogen-bond acceptors (Lipinski definition) is 40. The van der Waals surface area contributed by atoms with Gasteiger partial charge in [0.2, 0.25) is 0 Å². The van der Waals surface area contributed by atoms with Crippen LogP contribution < -0.4 is 21.3 Å². The van der Waals surface area contributed by atoms with Crippen LogP contribution in [0.5, 0.6) is 0 Å². The van der Waals surface area contributed by atoms with Crippen molar-refractivity contribution in [2.24, 2.45) is 0 Å². The van der Waals surface area contributed by atoms with Gasteiger partial charge in [-0.2, -0.15) is 0 Å². The van der Waals surface area contributed by atoms with E-state index in [4.69, 9.17) is 48.7 Å². The molecular weight excluding hydrogens is 1950 g/mol. The average molecular weight is 2090 g/mol. The fourth-order valence-corrected chi connectivity index (χ4v) is 20.0. The molecule has 0 aliphatic heterocycles. The van der Waals surface area contributed by atoms with Crippen LogP contribution in [-0.4, -0.2) is 334 Å². The number of aromatic nitrogens is 20. The van der Waals surface area contributed by atoms with E-state index in [2.05, 4.69) is 102 Å². The number of aliphatic hydroxyl groups is 12. The van der Waals surface area contributed by atoms with Crippen molar-refractivity contribution in [3.05, 3.63) is 141 Å². The fraction of sp³-hybridized carbons (Fsp3) is 0.583. The molecule has 0 amide bonds. The summed E-state index contributed by atoms with van der Waals surface area (Å²) in [5.41, 5.74) is 0.915. The summed E-state index contributed by atoms with van der Waals surface area (Å²) in [6.45, 7) is 0.228. The Morgan fingerprint density at radius 2 is 0.625 bits per heavy atom. The minimum atomic E-state index is -3.36. The number of nitrogens with zero attached hydrogens (tertiary/aromatic N) is 20. The number of benzene rings is 4. The first kappa shape index (κ1) is 84.4. The topological polar surface area (TPSA) is 554 Å². The predicted molar refractivity (Wildman–Crippen MR) is 530 cm³/mol. The van der Waals surface area contributed by atoms with E-state index in [1.165, 1.54) is 54.8 Å². The first-order valence-electron chi connectivity index (χ1n) is 56.0. The second-order valence-electron chi connectivity index (χ2n) is 35.7. The van der Waals surface area contributed by atoms with Crippen LogP contribution in [0.15, 0.2) is 93.4 Å². The van der Waals surface area contributed by atoms with Crippen LogP contribution in [-0.2, 0) is 18.9 Å². The summed E-state index contributed by atoms with van der Waals surface area (Å²) in [4.78, 5) is 35.9. The van der Waals surface area contributed by atoms with Crippen LogP contribution in [0.4, 0.5) is 40.8 Å². The first-order chi connectivity index (χ1) is 75.9. The molecule has 0 radical (unpaired) electrons. The molecule has 144 heavy (non-hydrogen) atoms. The second-order valence-corrected chi connectivity index (χ2v) is 39.3. The standard InChI is InChI=1S/4C24H31FN6O4S/c4*1-3-8-36-24-27-22(26-16-10-14(16)13-5-4-12(2)15(25)9-13)19-23(28-24)31(30-29-19)17-11-18(35-7-6-32)21(34)20(17)33/h4*4-5,9,14,16-18,20-21,32-34H,3,6-8,10-11H2,1-2H3,(H,26,27,28)/t4*14-,16+,17+,18-,20-,21+/m0000/s1/i7D2,8D2,16D;6D2,8D2,16D;6D2,7D2,16D;8D2,16D. The molecule has 8 aliphatic rings. The summed E-state index contributed by atoms with van der Waals surface area (Å²) < 4.78 is 228. The van der Waals surface area contributed by atoms with Crippen molar-refractivity contribution in [3.63, 3.8) is 0 Å². The molecule has 8 aliphatic carbocycles. The van der Waals surface area contributed by atoms with Crippen molar-refractivity contribution in [1.82, 2.24) is 99.8 Å². The molecule has 0 bridgehead atoms. The van der Waals surface area contributed by atoms with Crippen molar-refractivity contribution < 1.29 is 122 Å². The Bertz CT molecular complexity index is 7410. The molecule has 48 heteroatoms. The Kier molecular flexibility index (Phi) is 27.7. The van der Waals surface area contributed by atoms with Gasteiger partial charge in [0.05, 0.1) is 118 Å². The van der Waals surface area contributed by atoms with Gasteiger partial charge in [-0.05, 0) is 148 Å². The van der Waals surface area contributed by atoms with Crippen molar-refractivity contribution in [3.8, 4) is 0 Å². The molecule has 8 saturated carbocycles. The highest BCUT2D eigenvalue weighted by Gasteiger charge is 2.51. The number of anilines is 4. The van der Waals surface area contributed by atoms with Crippen molar-refractivity contribution in [2.45, 2.75) is 298 Å². The number of thioether (sulfide) groups is 4. The summed E-state index contributed by atoms with van der Waals surface area (Å²) >= 11 is 3.72. The van der Waals surface area contributed by atoms with Gasteiger partial charge in [0.15, 0.2) is 88.6 Å². The molecule has 0 spiro atoms. The number of fused-ring (bicyclic) bond motifs is 4. The maximum Gasteiger partial charge on any atom is 0.191 e. The van der Waals surface area contributed by atoms with Crippen LogP contribution in [0, 0.1) is 51.0 Å². The molecule has 16 N–H and O–H groups in total. The Morgan fingerprint density at radius 3 is 0.882 bits per heavy atom. The predicted octanol–water partition coefficient (Wildman–Crippen LogP) is 8.73. The van der Waals surface area contributed by atoms with Gasteiger partial charge in [0.1, 0.15) is 72.1 Å². The average Bonchev–Trinajstić information content (AvgIpc) is 1.58. The van der Waals surface area contributed by atoms with Crippen molar-refractivity contribution in [2.75, 3.05) is 96.8 Å². The van der Waals surface area contributed by atoms with Crippen LogP contribution in [0.3, 0.4) is 0 Å². The van der Waals surface area contributed by atoms with E-state index in [0.717, 1.165) is 41.7 Å². The molecule has 24 atom stereocenters. The normalized spacial score (nSPS) is 32.2. The number of hydrogen-bond donors (Lipinski definition) is 16. The zero-order valence-corrected chi connectivity index (χ0v) is 82.4. The maximum atomic E-state index is 14.2. The van der Waals surface area contributed by atoms with Crippen molar-refractivity contribution in [1.29, 1.82) is 0 Å². The Labute approximate surface area is 869 Å². The van der Waals surface area contributed by atoms with E-state index >= 15 is 0 Å². The first-order valence-corrected chi connectivity index (χ1v) is 50.4. The van der Waals surface area contributed by atoms with E-state index < -0.39 is 178 Å². The molecule has 40 nitrogen and oxygen atoms in total. The van der Waals surface area contributed by atoms with E-state index in [1.54, 1.807) is 97.0 Å². The summed E-state index contributed by atoms with van der Waals surface area (Å²) in [6.07, 6.45) is -12.9. The van der Waals surface area contributed by atoms with Gasteiger partial charge in [-0.15, -0.1) is 20.4 Å². The second kappa shape index (κ2) is 47.3. The zero-order chi connectivity index (χ0) is 118. The lowest BCUT2D eigenvalue weighted by molar-refractivity contribution is -0.0629. The van der Waals surface area contributed by atoms with E-state index in [1.807, 2.05) is 6.92 Å². The molecule has 20 rings (SSSR count). The molecule has 776 valence electrons. The molecule has 4 aromatic carbocycles. The highest BCUT2D eigenvalue weighted by Crippen LogP contribution is 2.50.